The third-order valence-electron chi connectivity index (χ3n) is 4.81. The number of rotatable bonds is 6. The SMILES string of the molecule is CC(C)CNCc1ccc(CN2CC3CCC2C3)cc1. The average molecular weight is 272 g/mol. The number of fused-ring (bicyclic) bond motifs is 2. The van der Waals surface area contributed by atoms with E-state index in [1.165, 1.54) is 36.9 Å². The number of piperidine rings is 1. The molecule has 1 saturated heterocycles. The Morgan fingerprint density at radius 3 is 2.50 bits per heavy atom. The standard InChI is InChI=1S/C18H28N2/c1-14(2)10-19-11-15-3-5-16(6-4-15)12-20-13-17-7-8-18(20)9-17/h3-6,14,17-19H,7-13H2,1-2H3. The average Bonchev–Trinajstić information content (AvgIpc) is 3.03. The number of likely N-dealkylation sites (tertiary alicyclic amines) is 1. The first kappa shape index (κ1) is 14.1. The fourth-order valence-corrected chi connectivity index (χ4v) is 3.72. The predicted octanol–water partition coefficient (Wildman–Crippen LogP) is 3.42. The minimum atomic E-state index is 0.722. The normalized spacial score (nSPS) is 25.8. The van der Waals surface area contributed by atoms with Crippen molar-refractivity contribution in [2.24, 2.45) is 11.8 Å². The summed E-state index contributed by atoms with van der Waals surface area (Å²) in [6.07, 6.45) is 4.36. The molecule has 1 aliphatic heterocycles. The second kappa shape index (κ2) is 6.28. The van der Waals surface area contributed by atoms with E-state index < -0.39 is 0 Å². The third-order valence-corrected chi connectivity index (χ3v) is 4.81. The molecule has 2 fully saturated rings. The zero-order valence-corrected chi connectivity index (χ0v) is 12.9. The Morgan fingerprint density at radius 1 is 1.15 bits per heavy atom. The molecule has 2 heteroatoms. The topological polar surface area (TPSA) is 15.3 Å². The molecule has 1 saturated carbocycles. The van der Waals surface area contributed by atoms with Crippen LogP contribution >= 0.6 is 0 Å². The maximum atomic E-state index is 3.51. The number of hydrogen-bond acceptors (Lipinski definition) is 2. The lowest BCUT2D eigenvalue weighted by Gasteiger charge is -2.26. The van der Waals surface area contributed by atoms with Crippen molar-refractivity contribution in [3.63, 3.8) is 0 Å². The van der Waals surface area contributed by atoms with E-state index in [4.69, 9.17) is 0 Å². The maximum Gasteiger partial charge on any atom is 0.0236 e. The molecule has 0 radical (unpaired) electrons. The van der Waals surface area contributed by atoms with E-state index in [9.17, 15) is 0 Å². The van der Waals surface area contributed by atoms with Crippen LogP contribution in [0.4, 0.5) is 0 Å². The van der Waals surface area contributed by atoms with Crippen LogP contribution in [0.3, 0.4) is 0 Å². The lowest BCUT2D eigenvalue weighted by atomic mass is 10.1. The monoisotopic (exact) mass is 272 g/mol. The summed E-state index contributed by atoms with van der Waals surface area (Å²) in [6.45, 7) is 9.08. The van der Waals surface area contributed by atoms with Gasteiger partial charge in [-0.1, -0.05) is 38.1 Å². The molecule has 2 nitrogen and oxygen atoms in total. The van der Waals surface area contributed by atoms with Crippen LogP contribution in [-0.4, -0.2) is 24.0 Å². The highest BCUT2D eigenvalue weighted by Gasteiger charge is 2.37. The van der Waals surface area contributed by atoms with Crippen LogP contribution in [0.1, 0.15) is 44.2 Å². The van der Waals surface area contributed by atoms with E-state index in [-0.39, 0.29) is 0 Å². The minimum Gasteiger partial charge on any atom is -0.312 e. The predicted molar refractivity (Wildman–Crippen MR) is 84.5 cm³/mol. The second-order valence-electron chi connectivity index (χ2n) is 7.10. The van der Waals surface area contributed by atoms with Gasteiger partial charge in [-0.3, -0.25) is 4.90 Å². The van der Waals surface area contributed by atoms with E-state index in [2.05, 4.69) is 48.3 Å². The van der Waals surface area contributed by atoms with Crippen molar-refractivity contribution in [2.75, 3.05) is 13.1 Å². The highest BCUT2D eigenvalue weighted by atomic mass is 15.2. The molecule has 2 bridgehead atoms. The van der Waals surface area contributed by atoms with Gasteiger partial charge < -0.3 is 5.32 Å². The molecule has 2 unspecified atom stereocenters. The van der Waals surface area contributed by atoms with Gasteiger partial charge in [0.25, 0.3) is 0 Å². The zero-order chi connectivity index (χ0) is 13.9. The summed E-state index contributed by atoms with van der Waals surface area (Å²) in [6, 6.07) is 10.1. The number of nitrogens with one attached hydrogen (secondary N) is 1. The molecule has 0 spiro atoms. The molecule has 0 amide bonds. The Balaban J connectivity index is 1.49. The van der Waals surface area contributed by atoms with Crippen molar-refractivity contribution >= 4 is 0 Å². The number of nitrogens with zero attached hydrogens (tertiary/aromatic N) is 1. The largest absolute Gasteiger partial charge is 0.312 e. The van der Waals surface area contributed by atoms with Gasteiger partial charge in [-0.25, -0.2) is 0 Å². The van der Waals surface area contributed by atoms with E-state index in [0.29, 0.717) is 0 Å². The molecule has 1 aliphatic carbocycles. The van der Waals surface area contributed by atoms with Crippen molar-refractivity contribution in [3.8, 4) is 0 Å². The fraction of sp³-hybridized carbons (Fsp3) is 0.667. The Kier molecular flexibility index (Phi) is 4.42. The first-order valence-electron chi connectivity index (χ1n) is 8.23. The van der Waals surface area contributed by atoms with Crippen molar-refractivity contribution in [1.82, 2.24) is 10.2 Å². The van der Waals surface area contributed by atoms with Gasteiger partial charge in [0.15, 0.2) is 0 Å². The van der Waals surface area contributed by atoms with Gasteiger partial charge in [-0.15, -0.1) is 0 Å². The Labute approximate surface area is 123 Å². The van der Waals surface area contributed by atoms with Crippen molar-refractivity contribution in [1.29, 1.82) is 0 Å². The van der Waals surface area contributed by atoms with Gasteiger partial charge in [0.2, 0.25) is 0 Å². The van der Waals surface area contributed by atoms with Gasteiger partial charge in [0.05, 0.1) is 0 Å². The Hall–Kier alpha value is -0.860. The van der Waals surface area contributed by atoms with Gasteiger partial charge in [-0.2, -0.15) is 0 Å². The quantitative estimate of drug-likeness (QED) is 0.853. The van der Waals surface area contributed by atoms with Gasteiger partial charge in [0.1, 0.15) is 0 Å². The summed E-state index contributed by atoms with van der Waals surface area (Å²) in [5.74, 6) is 1.72. The van der Waals surface area contributed by atoms with Crippen LogP contribution in [0.25, 0.3) is 0 Å². The first-order valence-corrected chi connectivity index (χ1v) is 8.23. The van der Waals surface area contributed by atoms with Crippen LogP contribution in [0.5, 0.6) is 0 Å². The summed E-state index contributed by atoms with van der Waals surface area (Å²) in [7, 11) is 0. The first-order chi connectivity index (χ1) is 9.70. The van der Waals surface area contributed by atoms with Crippen LogP contribution in [-0.2, 0) is 13.1 Å². The van der Waals surface area contributed by atoms with Gasteiger partial charge in [0, 0.05) is 25.7 Å². The number of benzene rings is 1. The van der Waals surface area contributed by atoms with Gasteiger partial charge >= 0.3 is 0 Å². The highest BCUT2D eigenvalue weighted by molar-refractivity contribution is 5.22. The molecule has 110 valence electrons. The summed E-state index contributed by atoms with van der Waals surface area (Å²) in [5.41, 5.74) is 2.88. The van der Waals surface area contributed by atoms with E-state index >= 15 is 0 Å². The third kappa shape index (κ3) is 3.42. The van der Waals surface area contributed by atoms with Crippen LogP contribution < -0.4 is 5.32 Å². The number of hydrogen-bond donors (Lipinski definition) is 1. The molecule has 20 heavy (non-hydrogen) atoms. The van der Waals surface area contributed by atoms with E-state index in [1.54, 1.807) is 0 Å². The van der Waals surface area contributed by atoms with E-state index in [0.717, 1.165) is 37.5 Å². The summed E-state index contributed by atoms with van der Waals surface area (Å²) in [5, 5.41) is 3.51. The molecule has 2 atom stereocenters. The van der Waals surface area contributed by atoms with Crippen molar-refractivity contribution in [3.05, 3.63) is 35.4 Å². The molecule has 1 aromatic carbocycles. The zero-order valence-electron chi connectivity index (χ0n) is 12.9. The second-order valence-corrected chi connectivity index (χ2v) is 7.10. The van der Waals surface area contributed by atoms with Crippen LogP contribution in [0.2, 0.25) is 0 Å². The summed E-state index contributed by atoms with van der Waals surface area (Å²) in [4.78, 5) is 2.69. The smallest absolute Gasteiger partial charge is 0.0236 e. The van der Waals surface area contributed by atoms with Crippen LogP contribution in [0, 0.1) is 11.8 Å². The molecule has 2 aliphatic rings. The van der Waals surface area contributed by atoms with E-state index in [1.807, 2.05) is 0 Å². The lowest BCUT2D eigenvalue weighted by molar-refractivity contribution is 0.205. The fourth-order valence-electron chi connectivity index (χ4n) is 3.72. The Bertz CT molecular complexity index is 424. The van der Waals surface area contributed by atoms with Crippen molar-refractivity contribution < 1.29 is 0 Å². The maximum absolute atomic E-state index is 3.51. The molecule has 1 N–H and O–H groups in total. The van der Waals surface area contributed by atoms with Crippen LogP contribution in [0.15, 0.2) is 24.3 Å². The molecular weight excluding hydrogens is 244 g/mol. The lowest BCUT2D eigenvalue weighted by Crippen LogP contribution is -2.31. The summed E-state index contributed by atoms with van der Waals surface area (Å²) >= 11 is 0. The summed E-state index contributed by atoms with van der Waals surface area (Å²) < 4.78 is 0. The highest BCUT2D eigenvalue weighted by Crippen LogP contribution is 2.38. The molecule has 0 aromatic heterocycles. The van der Waals surface area contributed by atoms with Crippen molar-refractivity contribution in [2.45, 2.75) is 52.2 Å². The van der Waals surface area contributed by atoms with Gasteiger partial charge in [-0.05, 0) is 48.8 Å². The minimum absolute atomic E-state index is 0.722. The molecule has 1 aromatic rings. The molecule has 1 heterocycles. The Morgan fingerprint density at radius 2 is 1.90 bits per heavy atom. The molecular formula is C18H28N2. The molecule has 3 rings (SSSR count).